The zero-order chi connectivity index (χ0) is 21.2. The highest BCUT2D eigenvalue weighted by atomic mass is 16.5. The predicted octanol–water partition coefficient (Wildman–Crippen LogP) is 3.43. The Bertz CT molecular complexity index is 814. The van der Waals surface area contributed by atoms with Crippen LogP contribution in [0.4, 0.5) is 5.69 Å². The van der Waals surface area contributed by atoms with Crippen molar-refractivity contribution in [3.05, 3.63) is 35.9 Å². The summed E-state index contributed by atoms with van der Waals surface area (Å²) >= 11 is 0. The molecule has 0 atom stereocenters. The fraction of sp³-hybridized carbons (Fsp3) is 0.591. The SMILES string of the molecule is COCCCOc1cccc(NC(=NCc2nnc(C)n2C)NC2CCCCC2)c1. The molecule has 1 aromatic heterocycles. The first kappa shape index (κ1) is 22.1. The molecule has 2 N–H and O–H groups in total. The number of anilines is 1. The van der Waals surface area contributed by atoms with Crippen LogP contribution in [0.15, 0.2) is 29.3 Å². The zero-order valence-corrected chi connectivity index (χ0v) is 18.4. The van der Waals surface area contributed by atoms with E-state index in [-0.39, 0.29) is 0 Å². The van der Waals surface area contributed by atoms with Gasteiger partial charge in [0, 0.05) is 45.0 Å². The van der Waals surface area contributed by atoms with Crippen LogP contribution in [0.5, 0.6) is 5.75 Å². The maximum absolute atomic E-state index is 5.83. The highest BCUT2D eigenvalue weighted by Gasteiger charge is 2.15. The molecule has 0 radical (unpaired) electrons. The summed E-state index contributed by atoms with van der Waals surface area (Å²) in [5, 5.41) is 15.4. The summed E-state index contributed by atoms with van der Waals surface area (Å²) in [6.07, 6.45) is 7.05. The van der Waals surface area contributed by atoms with Gasteiger partial charge in [-0.3, -0.25) is 0 Å². The van der Waals surface area contributed by atoms with Crippen molar-refractivity contribution in [2.45, 2.75) is 58.0 Å². The van der Waals surface area contributed by atoms with Crippen molar-refractivity contribution in [2.24, 2.45) is 12.0 Å². The lowest BCUT2D eigenvalue weighted by atomic mass is 9.96. The molecule has 1 aromatic carbocycles. The van der Waals surface area contributed by atoms with Gasteiger partial charge in [0.15, 0.2) is 11.8 Å². The van der Waals surface area contributed by atoms with E-state index < -0.39 is 0 Å². The van der Waals surface area contributed by atoms with Crippen LogP contribution in [0.1, 0.15) is 50.2 Å². The number of nitrogens with one attached hydrogen (secondary N) is 2. The number of benzene rings is 1. The summed E-state index contributed by atoms with van der Waals surface area (Å²) in [5.41, 5.74) is 0.940. The second-order valence-corrected chi connectivity index (χ2v) is 7.71. The summed E-state index contributed by atoms with van der Waals surface area (Å²) in [4.78, 5) is 4.79. The van der Waals surface area contributed by atoms with Gasteiger partial charge in [-0.2, -0.15) is 0 Å². The van der Waals surface area contributed by atoms with E-state index in [1.54, 1.807) is 7.11 Å². The number of rotatable bonds is 9. The topological polar surface area (TPSA) is 85.6 Å². The maximum Gasteiger partial charge on any atom is 0.196 e. The molecule has 164 valence electrons. The Morgan fingerprint density at radius 1 is 1.20 bits per heavy atom. The largest absolute Gasteiger partial charge is 0.493 e. The monoisotopic (exact) mass is 414 g/mol. The minimum atomic E-state index is 0.444. The number of aryl methyl sites for hydroxylation is 1. The minimum Gasteiger partial charge on any atom is -0.493 e. The van der Waals surface area contributed by atoms with Gasteiger partial charge < -0.3 is 24.7 Å². The number of methoxy groups -OCH3 is 1. The van der Waals surface area contributed by atoms with Crippen LogP contribution < -0.4 is 15.4 Å². The van der Waals surface area contributed by atoms with Crippen molar-refractivity contribution in [3.63, 3.8) is 0 Å². The van der Waals surface area contributed by atoms with Gasteiger partial charge in [-0.15, -0.1) is 10.2 Å². The molecular formula is C22H34N6O2. The molecule has 0 bridgehead atoms. The van der Waals surface area contributed by atoms with Crippen LogP contribution in [-0.4, -0.2) is 47.1 Å². The van der Waals surface area contributed by atoms with Crippen LogP contribution >= 0.6 is 0 Å². The first-order valence-corrected chi connectivity index (χ1v) is 10.8. The van der Waals surface area contributed by atoms with E-state index >= 15 is 0 Å². The molecule has 8 heteroatoms. The highest BCUT2D eigenvalue weighted by molar-refractivity contribution is 5.94. The van der Waals surface area contributed by atoms with Gasteiger partial charge in [0.05, 0.1) is 6.61 Å². The molecule has 2 aromatic rings. The van der Waals surface area contributed by atoms with Gasteiger partial charge in [-0.25, -0.2) is 4.99 Å². The first-order valence-electron chi connectivity index (χ1n) is 10.8. The van der Waals surface area contributed by atoms with Crippen molar-refractivity contribution < 1.29 is 9.47 Å². The van der Waals surface area contributed by atoms with E-state index in [4.69, 9.17) is 14.5 Å². The Morgan fingerprint density at radius 3 is 2.77 bits per heavy atom. The smallest absolute Gasteiger partial charge is 0.196 e. The molecule has 8 nitrogen and oxygen atoms in total. The maximum atomic E-state index is 5.83. The fourth-order valence-corrected chi connectivity index (χ4v) is 3.49. The zero-order valence-electron chi connectivity index (χ0n) is 18.4. The van der Waals surface area contributed by atoms with Crippen LogP contribution in [-0.2, 0) is 18.3 Å². The quantitative estimate of drug-likeness (QED) is 0.371. The Hall–Kier alpha value is -2.61. The molecule has 0 spiro atoms. The van der Waals surface area contributed by atoms with E-state index in [1.165, 1.54) is 32.1 Å². The number of aromatic nitrogens is 3. The third-order valence-corrected chi connectivity index (χ3v) is 5.37. The average molecular weight is 415 g/mol. The van der Waals surface area contributed by atoms with E-state index in [1.807, 2.05) is 42.8 Å². The predicted molar refractivity (Wildman–Crippen MR) is 119 cm³/mol. The van der Waals surface area contributed by atoms with Crippen LogP contribution in [0.2, 0.25) is 0 Å². The van der Waals surface area contributed by atoms with Crippen molar-refractivity contribution in [3.8, 4) is 5.75 Å². The van der Waals surface area contributed by atoms with E-state index in [0.717, 1.165) is 35.5 Å². The van der Waals surface area contributed by atoms with Gasteiger partial charge in [0.25, 0.3) is 0 Å². The second-order valence-electron chi connectivity index (χ2n) is 7.71. The third-order valence-electron chi connectivity index (χ3n) is 5.37. The standard InChI is InChI=1S/C22H34N6O2/c1-17-26-27-21(28(17)2)16-23-22(24-18-9-5-4-6-10-18)25-19-11-7-12-20(15-19)30-14-8-13-29-3/h7,11-12,15,18H,4-6,8-10,13-14,16H2,1-3H3,(H2,23,24,25). The average Bonchev–Trinajstić information content (AvgIpc) is 3.08. The lowest BCUT2D eigenvalue weighted by Crippen LogP contribution is -2.40. The van der Waals surface area contributed by atoms with Crippen molar-refractivity contribution in [1.82, 2.24) is 20.1 Å². The van der Waals surface area contributed by atoms with E-state index in [2.05, 4.69) is 20.8 Å². The molecule has 0 amide bonds. The summed E-state index contributed by atoms with van der Waals surface area (Å²) in [5.74, 6) is 3.32. The molecule has 1 saturated carbocycles. The Morgan fingerprint density at radius 2 is 2.03 bits per heavy atom. The molecule has 30 heavy (non-hydrogen) atoms. The third kappa shape index (κ3) is 6.73. The fourth-order valence-electron chi connectivity index (χ4n) is 3.49. The van der Waals surface area contributed by atoms with Gasteiger partial charge in [0.2, 0.25) is 0 Å². The van der Waals surface area contributed by atoms with E-state index in [0.29, 0.717) is 25.8 Å². The number of nitrogens with zero attached hydrogens (tertiary/aromatic N) is 4. The number of aliphatic imine (C=N–C) groups is 1. The normalized spacial score (nSPS) is 15.2. The summed E-state index contributed by atoms with van der Waals surface area (Å²) in [7, 11) is 3.67. The molecule has 0 aliphatic heterocycles. The van der Waals surface area contributed by atoms with Gasteiger partial charge in [0.1, 0.15) is 18.1 Å². The van der Waals surface area contributed by atoms with Crippen LogP contribution in [0, 0.1) is 6.92 Å². The lowest BCUT2D eigenvalue weighted by Gasteiger charge is -2.25. The van der Waals surface area contributed by atoms with Crippen molar-refractivity contribution in [1.29, 1.82) is 0 Å². The highest BCUT2D eigenvalue weighted by Crippen LogP contribution is 2.20. The molecule has 1 heterocycles. The minimum absolute atomic E-state index is 0.444. The Labute approximate surface area is 179 Å². The Balaban J connectivity index is 1.68. The molecule has 0 unspecified atom stereocenters. The van der Waals surface area contributed by atoms with Gasteiger partial charge >= 0.3 is 0 Å². The van der Waals surface area contributed by atoms with Gasteiger partial charge in [-0.05, 0) is 31.9 Å². The summed E-state index contributed by atoms with van der Waals surface area (Å²) in [6.45, 7) is 3.73. The number of guanidine groups is 1. The molecule has 3 rings (SSSR count). The number of hydrogen-bond donors (Lipinski definition) is 2. The first-order chi connectivity index (χ1) is 14.7. The lowest BCUT2D eigenvalue weighted by molar-refractivity contribution is 0.172. The summed E-state index contributed by atoms with van der Waals surface area (Å²) in [6, 6.07) is 8.41. The Kier molecular flexibility index (Phi) is 8.50. The number of ether oxygens (including phenoxy) is 2. The second kappa shape index (κ2) is 11.5. The van der Waals surface area contributed by atoms with Crippen LogP contribution in [0.3, 0.4) is 0 Å². The van der Waals surface area contributed by atoms with E-state index in [9.17, 15) is 0 Å². The molecular weight excluding hydrogens is 380 g/mol. The summed E-state index contributed by atoms with van der Waals surface area (Å²) < 4.78 is 12.9. The molecule has 1 aliphatic carbocycles. The van der Waals surface area contributed by atoms with Crippen LogP contribution in [0.25, 0.3) is 0 Å². The molecule has 1 fully saturated rings. The van der Waals surface area contributed by atoms with Crippen molar-refractivity contribution >= 4 is 11.6 Å². The number of hydrogen-bond acceptors (Lipinski definition) is 5. The molecule has 0 saturated heterocycles. The molecule has 1 aliphatic rings. The van der Waals surface area contributed by atoms with Crippen molar-refractivity contribution in [2.75, 3.05) is 25.6 Å². The van der Waals surface area contributed by atoms with Gasteiger partial charge in [-0.1, -0.05) is 25.3 Å².